The van der Waals surface area contributed by atoms with Crippen LogP contribution < -0.4 is 16.8 Å². The lowest BCUT2D eigenvalue weighted by atomic mass is 10.0. The number of nitrogens with zero attached hydrogens (tertiary/aromatic N) is 3. The first kappa shape index (κ1) is 22.7. The largest absolute Gasteiger partial charge is 0.369 e. The van der Waals surface area contributed by atoms with Crippen LogP contribution in [0.5, 0.6) is 0 Å². The van der Waals surface area contributed by atoms with E-state index in [1.54, 1.807) is 25.3 Å². The number of hydrogen-bond donors (Lipinski definition) is 3. The fourth-order valence-electron chi connectivity index (χ4n) is 3.61. The van der Waals surface area contributed by atoms with Crippen LogP contribution in [0.1, 0.15) is 34.0 Å². The van der Waals surface area contributed by atoms with Gasteiger partial charge in [-0.15, -0.1) is 5.10 Å². The zero-order chi connectivity index (χ0) is 24.1. The lowest BCUT2D eigenvalue weighted by Crippen LogP contribution is -2.22. The van der Waals surface area contributed by atoms with Crippen LogP contribution in [-0.2, 0) is 6.42 Å². The molecule has 7 heteroatoms. The van der Waals surface area contributed by atoms with Gasteiger partial charge in [0.15, 0.2) is 5.78 Å². The molecule has 1 aromatic heterocycles. The van der Waals surface area contributed by atoms with Crippen molar-refractivity contribution < 1.29 is 4.79 Å². The summed E-state index contributed by atoms with van der Waals surface area (Å²) in [4.78, 5) is 17.2. The number of anilines is 2. The van der Waals surface area contributed by atoms with Gasteiger partial charge in [-0.05, 0) is 55.3 Å². The Morgan fingerprint density at radius 3 is 2.32 bits per heavy atom. The average Bonchev–Trinajstić information content (AvgIpc) is 2.84. The maximum atomic E-state index is 12.8. The quantitative estimate of drug-likeness (QED) is 0.163. The Labute approximate surface area is 198 Å². The SMILES string of the molecule is C/C(=N/N=C(N)N)c1ccc(C(=O)Cc2ccc(Nc3ccnc4ccc(C)cc34)cc2)cc1. The Morgan fingerprint density at radius 2 is 1.62 bits per heavy atom. The number of nitrogens with two attached hydrogens (primary N) is 2. The third-order valence-corrected chi connectivity index (χ3v) is 5.43. The van der Waals surface area contributed by atoms with Crippen molar-refractivity contribution in [2.75, 3.05) is 5.32 Å². The number of carbonyl (C=O) groups is 1. The van der Waals surface area contributed by atoms with Crippen LogP contribution in [0.25, 0.3) is 10.9 Å². The van der Waals surface area contributed by atoms with Crippen molar-refractivity contribution in [3.8, 4) is 0 Å². The zero-order valence-electron chi connectivity index (χ0n) is 19.1. The van der Waals surface area contributed by atoms with Crippen LogP contribution in [0.4, 0.5) is 11.4 Å². The fraction of sp³-hybridized carbons (Fsp3) is 0.111. The van der Waals surface area contributed by atoms with Gasteiger partial charge in [-0.1, -0.05) is 48.0 Å². The summed E-state index contributed by atoms with van der Waals surface area (Å²) >= 11 is 0. The first-order valence-corrected chi connectivity index (χ1v) is 10.9. The molecule has 34 heavy (non-hydrogen) atoms. The number of guanidine groups is 1. The fourth-order valence-corrected chi connectivity index (χ4v) is 3.61. The molecule has 4 aromatic rings. The smallest absolute Gasteiger partial charge is 0.211 e. The van der Waals surface area contributed by atoms with Crippen LogP contribution in [0.2, 0.25) is 0 Å². The maximum absolute atomic E-state index is 12.8. The molecule has 170 valence electrons. The van der Waals surface area contributed by atoms with Crippen molar-refractivity contribution in [1.29, 1.82) is 0 Å². The average molecular weight is 451 g/mol. The summed E-state index contributed by atoms with van der Waals surface area (Å²) in [6, 6.07) is 23.3. The molecule has 0 fully saturated rings. The number of hydrogen-bond acceptors (Lipinski definition) is 5. The summed E-state index contributed by atoms with van der Waals surface area (Å²) < 4.78 is 0. The second-order valence-electron chi connectivity index (χ2n) is 8.09. The van der Waals surface area contributed by atoms with Gasteiger partial charge >= 0.3 is 0 Å². The minimum Gasteiger partial charge on any atom is -0.369 e. The number of benzene rings is 3. The topological polar surface area (TPSA) is 119 Å². The molecule has 0 saturated heterocycles. The second kappa shape index (κ2) is 9.95. The number of fused-ring (bicyclic) bond motifs is 1. The van der Waals surface area contributed by atoms with Crippen molar-refractivity contribution in [1.82, 2.24) is 4.98 Å². The minimum absolute atomic E-state index is 0.0432. The summed E-state index contributed by atoms with van der Waals surface area (Å²) in [5.41, 5.74) is 17.8. The Morgan fingerprint density at radius 1 is 0.912 bits per heavy atom. The Kier molecular flexibility index (Phi) is 6.64. The van der Waals surface area contributed by atoms with Gasteiger partial charge < -0.3 is 16.8 Å². The number of Topliss-reactive ketones (excluding diaryl/α,β-unsaturated/α-hetero) is 1. The van der Waals surface area contributed by atoms with E-state index >= 15 is 0 Å². The molecule has 0 amide bonds. The highest BCUT2D eigenvalue weighted by Gasteiger charge is 2.09. The molecule has 1 heterocycles. The number of ketones is 1. The normalized spacial score (nSPS) is 11.3. The summed E-state index contributed by atoms with van der Waals surface area (Å²) in [6.07, 6.45) is 2.12. The van der Waals surface area contributed by atoms with Crippen LogP contribution >= 0.6 is 0 Å². The van der Waals surface area contributed by atoms with E-state index in [0.29, 0.717) is 17.7 Å². The van der Waals surface area contributed by atoms with E-state index in [4.69, 9.17) is 11.5 Å². The van der Waals surface area contributed by atoms with Crippen molar-refractivity contribution >= 4 is 39.7 Å². The highest BCUT2D eigenvalue weighted by Crippen LogP contribution is 2.26. The van der Waals surface area contributed by atoms with Gasteiger partial charge in [0.05, 0.1) is 11.2 Å². The van der Waals surface area contributed by atoms with Crippen molar-refractivity contribution in [3.05, 3.63) is 101 Å². The number of rotatable bonds is 7. The predicted octanol–water partition coefficient (Wildman–Crippen LogP) is 4.71. The standard InChI is InChI=1S/C27H26N6O/c1-17-3-12-24-23(15-17)25(13-14-30-24)31-22-10-4-19(5-11-22)16-26(34)21-8-6-20(7-9-21)18(2)32-33-27(28)29/h3-15H,16H2,1-2H3,(H,30,31)(H4,28,29,33)/b32-18-. The van der Waals surface area contributed by atoms with Crippen LogP contribution in [0.3, 0.4) is 0 Å². The number of aromatic nitrogens is 1. The lowest BCUT2D eigenvalue weighted by molar-refractivity contribution is 0.0993. The summed E-state index contributed by atoms with van der Waals surface area (Å²) in [7, 11) is 0. The molecule has 7 nitrogen and oxygen atoms in total. The Bertz CT molecular complexity index is 1390. The molecule has 0 spiro atoms. The van der Waals surface area contributed by atoms with E-state index in [2.05, 4.69) is 39.6 Å². The molecule has 3 aromatic carbocycles. The van der Waals surface area contributed by atoms with Crippen molar-refractivity contribution in [2.45, 2.75) is 20.3 Å². The Balaban J connectivity index is 1.43. The van der Waals surface area contributed by atoms with Gasteiger partial charge in [0.25, 0.3) is 0 Å². The first-order chi connectivity index (χ1) is 16.4. The zero-order valence-corrected chi connectivity index (χ0v) is 19.1. The molecule has 0 bridgehead atoms. The van der Waals surface area contributed by atoms with E-state index in [1.165, 1.54) is 5.56 Å². The van der Waals surface area contributed by atoms with Crippen LogP contribution in [-0.4, -0.2) is 22.4 Å². The van der Waals surface area contributed by atoms with Gasteiger partial charge in [-0.2, -0.15) is 5.10 Å². The Hall–Kier alpha value is -4.52. The summed E-state index contributed by atoms with van der Waals surface area (Å²) in [6.45, 7) is 3.87. The number of aryl methyl sites for hydroxylation is 1. The molecular formula is C27H26N6O. The van der Waals surface area contributed by atoms with E-state index in [0.717, 1.165) is 33.4 Å². The molecule has 0 aliphatic rings. The number of pyridine rings is 1. The van der Waals surface area contributed by atoms with Crippen molar-refractivity contribution in [3.63, 3.8) is 0 Å². The van der Waals surface area contributed by atoms with Gasteiger partial charge in [0.1, 0.15) is 0 Å². The van der Waals surface area contributed by atoms with Crippen LogP contribution in [0, 0.1) is 6.92 Å². The molecule has 5 N–H and O–H groups in total. The van der Waals surface area contributed by atoms with Gasteiger partial charge in [0, 0.05) is 34.9 Å². The lowest BCUT2D eigenvalue weighted by Gasteiger charge is -2.11. The molecule has 0 saturated carbocycles. The predicted molar refractivity (Wildman–Crippen MR) is 139 cm³/mol. The molecule has 0 aliphatic heterocycles. The van der Waals surface area contributed by atoms with Gasteiger partial charge in [-0.3, -0.25) is 9.78 Å². The second-order valence-corrected chi connectivity index (χ2v) is 8.09. The third kappa shape index (κ3) is 5.45. The first-order valence-electron chi connectivity index (χ1n) is 10.9. The van der Waals surface area contributed by atoms with E-state index in [-0.39, 0.29) is 11.7 Å². The molecule has 4 rings (SSSR count). The third-order valence-electron chi connectivity index (χ3n) is 5.43. The monoisotopic (exact) mass is 450 g/mol. The molecular weight excluding hydrogens is 424 g/mol. The number of carbonyl (C=O) groups excluding carboxylic acids is 1. The summed E-state index contributed by atoms with van der Waals surface area (Å²) in [5, 5.41) is 12.1. The minimum atomic E-state index is -0.100. The van der Waals surface area contributed by atoms with Gasteiger partial charge in [-0.25, -0.2) is 0 Å². The highest BCUT2D eigenvalue weighted by atomic mass is 16.1. The molecule has 0 radical (unpaired) electrons. The molecule has 0 aliphatic carbocycles. The maximum Gasteiger partial charge on any atom is 0.211 e. The summed E-state index contributed by atoms with van der Waals surface area (Å²) in [5.74, 6) is -0.0572. The van der Waals surface area contributed by atoms with E-state index in [1.807, 2.05) is 48.5 Å². The molecule has 0 atom stereocenters. The van der Waals surface area contributed by atoms with E-state index < -0.39 is 0 Å². The van der Waals surface area contributed by atoms with Gasteiger partial charge in [0.2, 0.25) is 5.96 Å². The highest BCUT2D eigenvalue weighted by molar-refractivity contribution is 6.01. The number of nitrogens with one attached hydrogen (secondary N) is 1. The van der Waals surface area contributed by atoms with Crippen molar-refractivity contribution in [2.24, 2.45) is 21.7 Å². The van der Waals surface area contributed by atoms with E-state index in [9.17, 15) is 4.79 Å². The molecule has 0 unspecified atom stereocenters. The van der Waals surface area contributed by atoms with Crippen LogP contribution in [0.15, 0.2) is 89.2 Å².